The van der Waals surface area contributed by atoms with Crippen LogP contribution in [-0.2, 0) is 11.3 Å². The third-order valence-electron chi connectivity index (χ3n) is 3.78. The van der Waals surface area contributed by atoms with Crippen molar-refractivity contribution < 1.29 is 14.5 Å². The molecule has 1 heterocycles. The van der Waals surface area contributed by atoms with Gasteiger partial charge in [-0.2, -0.15) is 0 Å². The van der Waals surface area contributed by atoms with Gasteiger partial charge in [0.1, 0.15) is 6.42 Å². The van der Waals surface area contributed by atoms with Crippen molar-refractivity contribution in [1.82, 2.24) is 0 Å². The van der Waals surface area contributed by atoms with Gasteiger partial charge < -0.3 is 5.11 Å². The summed E-state index contributed by atoms with van der Waals surface area (Å²) < 4.78 is 1.88. The highest BCUT2D eigenvalue weighted by Gasteiger charge is 2.04. The lowest BCUT2D eigenvalue weighted by Crippen LogP contribution is -2.33. The summed E-state index contributed by atoms with van der Waals surface area (Å²) in [4.78, 5) is 10.6. The molecule has 0 aliphatic heterocycles. The third kappa shape index (κ3) is 3.83. The molecule has 3 heteroatoms. The molecule has 0 saturated heterocycles. The van der Waals surface area contributed by atoms with Crippen molar-refractivity contribution in [2.45, 2.75) is 13.0 Å². The van der Waals surface area contributed by atoms with Crippen LogP contribution < -0.4 is 4.57 Å². The van der Waals surface area contributed by atoms with Crippen LogP contribution in [0.3, 0.4) is 0 Å². The van der Waals surface area contributed by atoms with E-state index in [0.29, 0.717) is 6.54 Å². The number of aryl methyl sites for hydroxylation is 1. The Morgan fingerprint density at radius 2 is 1.70 bits per heavy atom. The summed E-state index contributed by atoms with van der Waals surface area (Å²) in [5.74, 6) is -0.780. The normalized spacial score (nSPS) is 11.1. The van der Waals surface area contributed by atoms with Crippen LogP contribution in [0.5, 0.6) is 0 Å². The molecule has 2 aromatic carbocycles. The molecule has 0 saturated carbocycles. The minimum Gasteiger partial charge on any atom is -0.481 e. The molecule has 0 radical (unpaired) electrons. The number of hydrogen-bond acceptors (Lipinski definition) is 1. The molecule has 0 aliphatic carbocycles. The Hall–Kier alpha value is -2.94. The Kier molecular flexibility index (Phi) is 4.48. The lowest BCUT2D eigenvalue weighted by Gasteiger charge is -2.01. The van der Waals surface area contributed by atoms with E-state index in [-0.39, 0.29) is 6.42 Å². The predicted molar refractivity (Wildman–Crippen MR) is 91.8 cm³/mol. The van der Waals surface area contributed by atoms with Crippen molar-refractivity contribution in [2.75, 3.05) is 0 Å². The van der Waals surface area contributed by atoms with Gasteiger partial charge in [0.2, 0.25) is 0 Å². The summed E-state index contributed by atoms with van der Waals surface area (Å²) in [5.41, 5.74) is 2.27. The Labute approximate surface area is 135 Å². The lowest BCUT2D eigenvalue weighted by atomic mass is 10.0. The second kappa shape index (κ2) is 6.88. The first kappa shape index (κ1) is 15.0. The van der Waals surface area contributed by atoms with Crippen molar-refractivity contribution >= 4 is 28.9 Å². The maximum absolute atomic E-state index is 10.6. The summed E-state index contributed by atoms with van der Waals surface area (Å²) in [5, 5.41) is 11.2. The Morgan fingerprint density at radius 1 is 0.957 bits per heavy atom. The SMILES string of the molecule is O=C(O)CC[n+]1ccc(/C=C/c2cccc3ccccc23)cc1. The van der Waals surface area contributed by atoms with Crippen LogP contribution in [0.15, 0.2) is 67.0 Å². The number of carbonyl (C=O) groups is 1. The molecule has 0 spiro atoms. The number of aliphatic carboxylic acids is 1. The molecule has 0 unspecified atom stereocenters. The van der Waals surface area contributed by atoms with Gasteiger partial charge in [-0.3, -0.25) is 4.79 Å². The van der Waals surface area contributed by atoms with Gasteiger partial charge in [-0.15, -0.1) is 0 Å². The fourth-order valence-corrected chi connectivity index (χ4v) is 2.54. The fraction of sp³-hybridized carbons (Fsp3) is 0.100. The van der Waals surface area contributed by atoms with Gasteiger partial charge in [0.25, 0.3) is 0 Å². The topological polar surface area (TPSA) is 41.2 Å². The standard InChI is InChI=1S/C20H17NO2/c22-20(23)12-15-21-13-10-16(11-14-21)8-9-18-6-3-5-17-4-1-2-7-19(17)18/h1-11,13-14H,12,15H2/p+1/b9-8+. The van der Waals surface area contributed by atoms with Gasteiger partial charge in [-0.25, -0.2) is 4.57 Å². The first-order valence-electron chi connectivity index (χ1n) is 7.59. The van der Waals surface area contributed by atoms with E-state index in [9.17, 15) is 4.79 Å². The zero-order valence-corrected chi connectivity index (χ0v) is 12.7. The number of hydrogen-bond donors (Lipinski definition) is 1. The highest BCUT2D eigenvalue weighted by Crippen LogP contribution is 2.20. The van der Waals surface area contributed by atoms with Gasteiger partial charge in [0.15, 0.2) is 18.9 Å². The van der Waals surface area contributed by atoms with E-state index in [2.05, 4.69) is 42.5 Å². The molecular formula is C20H18NO2+. The van der Waals surface area contributed by atoms with E-state index in [4.69, 9.17) is 5.11 Å². The largest absolute Gasteiger partial charge is 0.481 e. The van der Waals surface area contributed by atoms with Gasteiger partial charge in [-0.1, -0.05) is 54.6 Å². The molecule has 114 valence electrons. The van der Waals surface area contributed by atoms with Gasteiger partial charge >= 0.3 is 5.97 Å². The number of benzene rings is 2. The molecule has 0 amide bonds. The lowest BCUT2D eigenvalue weighted by molar-refractivity contribution is -0.696. The van der Waals surface area contributed by atoms with Crippen LogP contribution in [0.4, 0.5) is 0 Å². The molecule has 0 atom stereocenters. The van der Waals surface area contributed by atoms with Crippen LogP contribution in [-0.4, -0.2) is 11.1 Å². The number of fused-ring (bicyclic) bond motifs is 1. The van der Waals surface area contributed by atoms with Crippen molar-refractivity contribution in [3.05, 3.63) is 78.1 Å². The third-order valence-corrected chi connectivity index (χ3v) is 3.78. The molecule has 0 aliphatic rings. The van der Waals surface area contributed by atoms with Crippen molar-refractivity contribution in [1.29, 1.82) is 0 Å². The number of nitrogens with zero attached hydrogens (tertiary/aromatic N) is 1. The monoisotopic (exact) mass is 304 g/mol. The summed E-state index contributed by atoms with van der Waals surface area (Å²) in [6, 6.07) is 18.6. The quantitative estimate of drug-likeness (QED) is 0.729. The van der Waals surface area contributed by atoms with E-state index >= 15 is 0 Å². The van der Waals surface area contributed by atoms with E-state index in [0.717, 1.165) is 5.56 Å². The van der Waals surface area contributed by atoms with E-state index in [1.54, 1.807) is 0 Å². The van der Waals surface area contributed by atoms with E-state index < -0.39 is 5.97 Å². The molecule has 3 rings (SSSR count). The Bertz CT molecular complexity index is 846. The Balaban J connectivity index is 1.78. The Morgan fingerprint density at radius 3 is 2.48 bits per heavy atom. The molecule has 0 fully saturated rings. The van der Waals surface area contributed by atoms with Crippen LogP contribution in [0, 0.1) is 0 Å². The van der Waals surface area contributed by atoms with E-state index in [1.807, 2.05) is 41.2 Å². The first-order chi connectivity index (χ1) is 11.2. The predicted octanol–water partition coefficient (Wildman–Crippen LogP) is 3.77. The van der Waals surface area contributed by atoms with Crippen LogP contribution in [0.1, 0.15) is 17.5 Å². The van der Waals surface area contributed by atoms with Gasteiger partial charge in [0.05, 0.1) is 0 Å². The minimum atomic E-state index is -0.780. The van der Waals surface area contributed by atoms with Crippen molar-refractivity contribution in [2.24, 2.45) is 0 Å². The summed E-state index contributed by atoms with van der Waals surface area (Å²) >= 11 is 0. The number of carboxylic acids is 1. The average Bonchev–Trinajstić information content (AvgIpc) is 2.59. The van der Waals surface area contributed by atoms with Crippen molar-refractivity contribution in [3.63, 3.8) is 0 Å². The molecule has 1 aromatic heterocycles. The molecule has 3 nitrogen and oxygen atoms in total. The number of rotatable bonds is 5. The van der Waals surface area contributed by atoms with Crippen LogP contribution in [0.25, 0.3) is 22.9 Å². The summed E-state index contributed by atoms with van der Waals surface area (Å²) in [7, 11) is 0. The second-order valence-electron chi connectivity index (χ2n) is 5.41. The summed E-state index contributed by atoms with van der Waals surface area (Å²) in [6.45, 7) is 0.489. The maximum atomic E-state index is 10.6. The van der Waals surface area contributed by atoms with Crippen LogP contribution in [0.2, 0.25) is 0 Å². The van der Waals surface area contributed by atoms with Crippen molar-refractivity contribution in [3.8, 4) is 0 Å². The zero-order chi connectivity index (χ0) is 16.1. The summed E-state index contributed by atoms with van der Waals surface area (Å²) in [6.07, 6.45) is 8.13. The smallest absolute Gasteiger partial charge is 0.309 e. The first-order valence-corrected chi connectivity index (χ1v) is 7.59. The highest BCUT2D eigenvalue weighted by atomic mass is 16.4. The average molecular weight is 304 g/mol. The molecule has 1 N–H and O–H groups in total. The molecule has 23 heavy (non-hydrogen) atoms. The second-order valence-corrected chi connectivity index (χ2v) is 5.41. The fourth-order valence-electron chi connectivity index (χ4n) is 2.54. The van der Waals surface area contributed by atoms with Gasteiger partial charge in [0, 0.05) is 12.1 Å². The zero-order valence-electron chi connectivity index (χ0n) is 12.7. The van der Waals surface area contributed by atoms with Gasteiger partial charge in [-0.05, 0) is 21.9 Å². The number of carboxylic acid groups (broad SMARTS) is 1. The minimum absolute atomic E-state index is 0.135. The highest BCUT2D eigenvalue weighted by molar-refractivity contribution is 5.92. The molecular weight excluding hydrogens is 286 g/mol. The number of pyridine rings is 1. The molecule has 3 aromatic rings. The number of aromatic nitrogens is 1. The maximum Gasteiger partial charge on any atom is 0.309 e. The molecule has 0 bridgehead atoms. The van der Waals surface area contributed by atoms with E-state index in [1.165, 1.54) is 16.3 Å². The van der Waals surface area contributed by atoms with Crippen LogP contribution >= 0.6 is 0 Å².